The smallest absolute Gasteiger partial charge is 0.0546 e. The summed E-state index contributed by atoms with van der Waals surface area (Å²) in [7, 11) is 0. The molecule has 0 radical (unpaired) electrons. The van der Waals surface area contributed by atoms with E-state index in [4.69, 9.17) is 0 Å². The highest BCUT2D eigenvalue weighted by atomic mass is 32.1. The van der Waals surface area contributed by atoms with Gasteiger partial charge in [-0.15, -0.1) is 11.3 Å². The second kappa shape index (κ2) is 10.9. The van der Waals surface area contributed by atoms with Crippen LogP contribution in [0.1, 0.15) is 0 Å². The van der Waals surface area contributed by atoms with E-state index in [2.05, 4.69) is 191 Å². The minimum atomic E-state index is 1.13. The maximum Gasteiger partial charge on any atom is 0.0546 e. The average Bonchev–Trinajstić information content (AvgIpc) is 3.87. The van der Waals surface area contributed by atoms with Crippen molar-refractivity contribution in [3.05, 3.63) is 182 Å². The quantitative estimate of drug-likeness (QED) is 0.167. The minimum Gasteiger partial charge on any atom is -0.310 e. The Morgan fingerprint density at radius 2 is 1.06 bits per heavy atom. The summed E-state index contributed by atoms with van der Waals surface area (Å²) in [5.41, 5.74) is 12.2. The number of fused-ring (bicyclic) bond motifs is 11. The molecule has 0 saturated carbocycles. The van der Waals surface area contributed by atoms with Crippen molar-refractivity contribution < 1.29 is 0 Å². The van der Waals surface area contributed by atoms with Crippen LogP contribution in [-0.4, -0.2) is 4.57 Å². The molecule has 2 aromatic heterocycles. The predicted molar refractivity (Wildman–Crippen MR) is 228 cm³/mol. The fraction of sp³-hybridized carbons (Fsp3) is 0. The number of para-hydroxylation sites is 2. The van der Waals surface area contributed by atoms with Gasteiger partial charge >= 0.3 is 0 Å². The molecule has 246 valence electrons. The second-order valence-electron chi connectivity index (χ2n) is 14.1. The van der Waals surface area contributed by atoms with Crippen molar-refractivity contribution in [1.29, 1.82) is 0 Å². The van der Waals surface area contributed by atoms with Gasteiger partial charge in [0.05, 0.1) is 16.7 Å². The van der Waals surface area contributed by atoms with Gasteiger partial charge in [0.2, 0.25) is 0 Å². The van der Waals surface area contributed by atoms with Gasteiger partial charge in [-0.3, -0.25) is 0 Å². The van der Waals surface area contributed by atoms with Gasteiger partial charge in [0, 0.05) is 59.1 Å². The third-order valence-electron chi connectivity index (χ3n) is 11.3. The van der Waals surface area contributed by atoms with E-state index in [9.17, 15) is 0 Å². The molecule has 0 amide bonds. The molecule has 0 N–H and O–H groups in total. The van der Waals surface area contributed by atoms with Crippen LogP contribution in [0.2, 0.25) is 0 Å². The van der Waals surface area contributed by atoms with Crippen LogP contribution in [-0.2, 0) is 0 Å². The van der Waals surface area contributed by atoms with Crippen LogP contribution < -0.4 is 4.90 Å². The van der Waals surface area contributed by atoms with Gasteiger partial charge in [0.1, 0.15) is 0 Å². The minimum absolute atomic E-state index is 1.13. The van der Waals surface area contributed by atoms with Crippen LogP contribution in [0.3, 0.4) is 0 Å². The van der Waals surface area contributed by atoms with Crippen molar-refractivity contribution in [2.45, 2.75) is 0 Å². The predicted octanol–water partition coefficient (Wildman–Crippen LogP) is 14.6. The molecule has 1 aliphatic rings. The first kappa shape index (κ1) is 29.0. The molecule has 1 aliphatic carbocycles. The number of nitrogens with zero attached hydrogens (tertiary/aromatic N) is 2. The Kier molecular flexibility index (Phi) is 5.96. The van der Waals surface area contributed by atoms with Gasteiger partial charge in [0.15, 0.2) is 0 Å². The van der Waals surface area contributed by atoms with Crippen LogP contribution in [0.15, 0.2) is 182 Å². The number of hydrogen-bond acceptors (Lipinski definition) is 2. The van der Waals surface area contributed by atoms with Gasteiger partial charge < -0.3 is 9.47 Å². The Morgan fingerprint density at radius 3 is 1.96 bits per heavy atom. The Bertz CT molecular complexity index is 3290. The Morgan fingerprint density at radius 1 is 0.396 bits per heavy atom. The lowest BCUT2D eigenvalue weighted by Gasteiger charge is -2.28. The molecular formula is C50H30N2S. The van der Waals surface area contributed by atoms with Crippen LogP contribution >= 0.6 is 11.3 Å². The number of benzene rings is 9. The zero-order chi connectivity index (χ0) is 34.6. The lowest BCUT2D eigenvalue weighted by atomic mass is 9.94. The summed E-state index contributed by atoms with van der Waals surface area (Å²) in [4.78, 5) is 2.51. The van der Waals surface area contributed by atoms with E-state index in [0.29, 0.717) is 0 Å². The summed E-state index contributed by atoms with van der Waals surface area (Å²) in [5.74, 6) is 0. The third kappa shape index (κ3) is 4.08. The van der Waals surface area contributed by atoms with E-state index >= 15 is 0 Å². The van der Waals surface area contributed by atoms with Gasteiger partial charge in [-0.25, -0.2) is 0 Å². The highest BCUT2D eigenvalue weighted by molar-refractivity contribution is 7.25. The summed E-state index contributed by atoms with van der Waals surface area (Å²) in [6.07, 6.45) is 0. The van der Waals surface area contributed by atoms with E-state index in [1.807, 2.05) is 11.3 Å². The molecule has 0 saturated heterocycles. The first-order valence-corrected chi connectivity index (χ1v) is 19.0. The molecule has 2 heterocycles. The zero-order valence-corrected chi connectivity index (χ0v) is 29.4. The number of thiophene rings is 1. The fourth-order valence-corrected chi connectivity index (χ4v) is 10.1. The van der Waals surface area contributed by atoms with Gasteiger partial charge in [-0.05, 0) is 105 Å². The summed E-state index contributed by atoms with van der Waals surface area (Å²) in [6.45, 7) is 0. The number of rotatable bonds is 4. The monoisotopic (exact) mass is 690 g/mol. The van der Waals surface area contributed by atoms with E-state index < -0.39 is 0 Å². The van der Waals surface area contributed by atoms with Crippen molar-refractivity contribution in [2.75, 3.05) is 4.90 Å². The Labute approximate surface area is 310 Å². The molecule has 0 atom stereocenters. The Balaban J connectivity index is 1.18. The summed E-state index contributed by atoms with van der Waals surface area (Å²) < 4.78 is 5.01. The lowest BCUT2D eigenvalue weighted by molar-refractivity contribution is 1.18. The topological polar surface area (TPSA) is 8.17 Å². The van der Waals surface area contributed by atoms with Crippen molar-refractivity contribution in [2.24, 2.45) is 0 Å². The van der Waals surface area contributed by atoms with Crippen LogP contribution in [0.25, 0.3) is 91.5 Å². The summed E-state index contributed by atoms with van der Waals surface area (Å²) in [5, 5.41) is 10.3. The largest absolute Gasteiger partial charge is 0.310 e. The summed E-state index contributed by atoms with van der Waals surface area (Å²) >= 11 is 1.87. The van der Waals surface area contributed by atoms with Crippen molar-refractivity contribution in [3.8, 4) is 27.9 Å². The maximum atomic E-state index is 2.51. The van der Waals surface area contributed by atoms with E-state index in [0.717, 1.165) is 17.1 Å². The molecule has 53 heavy (non-hydrogen) atoms. The SMILES string of the molecule is c1ccc(-n2c3ccccc3c3cc(N(c4ccc5sc6ccccc6c5c4)c4cccc5c4-c4c6ccccc6cc6cccc-5c46)ccc32)cc1. The number of anilines is 3. The average molecular weight is 691 g/mol. The number of hydrogen-bond donors (Lipinski definition) is 0. The highest BCUT2D eigenvalue weighted by Crippen LogP contribution is 2.56. The van der Waals surface area contributed by atoms with Crippen molar-refractivity contribution in [3.63, 3.8) is 0 Å². The van der Waals surface area contributed by atoms with Crippen LogP contribution in [0.5, 0.6) is 0 Å². The second-order valence-corrected chi connectivity index (χ2v) is 15.2. The molecule has 3 heteroatoms. The number of aromatic nitrogens is 1. The third-order valence-corrected chi connectivity index (χ3v) is 12.4. The van der Waals surface area contributed by atoms with E-state index in [1.165, 1.54) is 91.5 Å². The molecule has 9 aromatic carbocycles. The molecule has 0 bridgehead atoms. The molecule has 2 nitrogen and oxygen atoms in total. The molecule has 0 unspecified atom stereocenters. The van der Waals surface area contributed by atoms with Gasteiger partial charge in [-0.2, -0.15) is 0 Å². The molecule has 0 aliphatic heterocycles. The molecular weight excluding hydrogens is 661 g/mol. The Hall–Kier alpha value is -6.68. The van der Waals surface area contributed by atoms with Gasteiger partial charge in [-0.1, -0.05) is 109 Å². The molecule has 11 aromatic rings. The molecule has 0 fully saturated rings. The highest BCUT2D eigenvalue weighted by Gasteiger charge is 2.29. The van der Waals surface area contributed by atoms with E-state index in [-0.39, 0.29) is 0 Å². The fourth-order valence-electron chi connectivity index (χ4n) is 9.06. The van der Waals surface area contributed by atoms with Crippen LogP contribution in [0.4, 0.5) is 17.1 Å². The zero-order valence-electron chi connectivity index (χ0n) is 28.6. The van der Waals surface area contributed by atoms with Gasteiger partial charge in [0.25, 0.3) is 0 Å². The van der Waals surface area contributed by atoms with Crippen molar-refractivity contribution >= 4 is 91.9 Å². The van der Waals surface area contributed by atoms with Crippen molar-refractivity contribution in [1.82, 2.24) is 4.57 Å². The first-order valence-electron chi connectivity index (χ1n) is 18.2. The first-order chi connectivity index (χ1) is 26.3. The normalized spacial score (nSPS) is 12.2. The summed E-state index contributed by atoms with van der Waals surface area (Å²) in [6, 6.07) is 67.3. The molecule has 0 spiro atoms. The van der Waals surface area contributed by atoms with E-state index in [1.54, 1.807) is 0 Å². The maximum absolute atomic E-state index is 2.51. The molecule has 12 rings (SSSR count). The lowest BCUT2D eigenvalue weighted by Crippen LogP contribution is -2.11. The standard InChI is InChI=1S/C50H30N2S/c1-2-14-33(15-3-1)52-43-21-8-6-17-37(43)41-29-34(24-26-44(41)52)51(35-25-27-47-42(30-35)38-18-7-9-23-46(38)53-47)45-22-11-20-40-39-19-10-13-32-28-31-12-4-5-16-36(31)50(48(32)39)49(40)45/h1-30H. The van der Waals surface area contributed by atoms with Crippen LogP contribution in [0, 0.1) is 0 Å².